The summed E-state index contributed by atoms with van der Waals surface area (Å²) in [7, 11) is 0. The van der Waals surface area contributed by atoms with Crippen molar-refractivity contribution in [3.63, 3.8) is 0 Å². The van der Waals surface area contributed by atoms with Gasteiger partial charge in [0.2, 0.25) is 6.79 Å². The highest BCUT2D eigenvalue weighted by molar-refractivity contribution is 6.42. The molecule has 0 saturated heterocycles. The number of ether oxygens (including phenoxy) is 3. The highest BCUT2D eigenvalue weighted by Gasteiger charge is 2.21. The van der Waals surface area contributed by atoms with Gasteiger partial charge in [0.15, 0.2) is 17.6 Å². The van der Waals surface area contributed by atoms with Crippen molar-refractivity contribution in [2.75, 3.05) is 12.1 Å². The summed E-state index contributed by atoms with van der Waals surface area (Å²) in [5.74, 6) is -0.00507. The first-order chi connectivity index (χ1) is 11.9. The molecule has 130 valence electrons. The van der Waals surface area contributed by atoms with Crippen LogP contribution in [0.4, 0.5) is 5.69 Å². The van der Waals surface area contributed by atoms with Crippen LogP contribution in [0.15, 0.2) is 36.4 Å². The molecule has 1 amide bonds. The first-order valence-electron chi connectivity index (χ1n) is 7.30. The molecule has 25 heavy (non-hydrogen) atoms. The van der Waals surface area contributed by atoms with Crippen LogP contribution < -0.4 is 14.8 Å². The van der Waals surface area contributed by atoms with Gasteiger partial charge >= 0.3 is 5.97 Å². The molecule has 2 aromatic carbocycles. The van der Waals surface area contributed by atoms with Crippen molar-refractivity contribution in [1.29, 1.82) is 0 Å². The van der Waals surface area contributed by atoms with E-state index in [4.69, 9.17) is 37.4 Å². The predicted molar refractivity (Wildman–Crippen MR) is 92.5 cm³/mol. The number of nitrogens with one attached hydrogen (secondary N) is 1. The van der Waals surface area contributed by atoms with Crippen LogP contribution >= 0.6 is 23.2 Å². The molecule has 6 nitrogen and oxygen atoms in total. The third-order valence-electron chi connectivity index (χ3n) is 3.45. The van der Waals surface area contributed by atoms with Crippen LogP contribution in [0.1, 0.15) is 17.3 Å². The fourth-order valence-electron chi connectivity index (χ4n) is 2.12. The molecule has 1 atom stereocenters. The maximum absolute atomic E-state index is 12.2. The molecular weight excluding hydrogens is 369 g/mol. The number of benzene rings is 2. The summed E-state index contributed by atoms with van der Waals surface area (Å²) in [5, 5.41) is 3.21. The van der Waals surface area contributed by atoms with Crippen LogP contribution in [0.5, 0.6) is 11.5 Å². The van der Waals surface area contributed by atoms with Gasteiger partial charge in [-0.25, -0.2) is 4.79 Å². The van der Waals surface area contributed by atoms with E-state index in [1.807, 2.05) is 0 Å². The lowest BCUT2D eigenvalue weighted by Crippen LogP contribution is -2.30. The molecule has 1 heterocycles. The minimum absolute atomic E-state index is 0.143. The Morgan fingerprint density at radius 2 is 1.84 bits per heavy atom. The van der Waals surface area contributed by atoms with E-state index in [1.165, 1.54) is 25.1 Å². The Balaban J connectivity index is 1.62. The summed E-state index contributed by atoms with van der Waals surface area (Å²) in [5.41, 5.74) is 0.712. The zero-order chi connectivity index (χ0) is 18.0. The summed E-state index contributed by atoms with van der Waals surface area (Å²) in [6, 6.07) is 9.32. The summed E-state index contributed by atoms with van der Waals surface area (Å²) in [4.78, 5) is 24.3. The Labute approximate surface area is 153 Å². The number of carbonyl (C=O) groups is 2. The predicted octanol–water partition coefficient (Wildman–Crippen LogP) is 3.91. The minimum Gasteiger partial charge on any atom is -0.454 e. The zero-order valence-corrected chi connectivity index (χ0v) is 14.6. The second-order valence-corrected chi connectivity index (χ2v) is 6.05. The van der Waals surface area contributed by atoms with Gasteiger partial charge in [-0.15, -0.1) is 0 Å². The Morgan fingerprint density at radius 3 is 2.60 bits per heavy atom. The average Bonchev–Trinajstić information content (AvgIpc) is 3.04. The second-order valence-electron chi connectivity index (χ2n) is 5.23. The van der Waals surface area contributed by atoms with E-state index >= 15 is 0 Å². The first-order valence-corrected chi connectivity index (χ1v) is 8.06. The van der Waals surface area contributed by atoms with Crippen molar-refractivity contribution in [2.45, 2.75) is 13.0 Å². The van der Waals surface area contributed by atoms with Crippen LogP contribution in [0, 0.1) is 0 Å². The standard InChI is InChI=1S/C17H13Cl2NO5/c1-9(25-17(22)10-2-4-12(18)13(19)6-10)16(21)20-11-3-5-14-15(7-11)24-8-23-14/h2-7,9H,8H2,1H3,(H,20,21)/t9-/m0/s1. The third kappa shape index (κ3) is 3.97. The fraction of sp³-hybridized carbons (Fsp3) is 0.176. The van der Waals surface area contributed by atoms with Crippen LogP contribution in [0.2, 0.25) is 10.0 Å². The molecule has 0 aromatic heterocycles. The normalized spacial score (nSPS) is 13.2. The molecule has 0 fully saturated rings. The molecule has 2 aromatic rings. The highest BCUT2D eigenvalue weighted by atomic mass is 35.5. The van der Waals surface area contributed by atoms with Crippen molar-refractivity contribution >= 4 is 40.8 Å². The quantitative estimate of drug-likeness (QED) is 0.812. The zero-order valence-electron chi connectivity index (χ0n) is 13.0. The molecule has 1 aliphatic rings. The van der Waals surface area contributed by atoms with Gasteiger partial charge in [-0.3, -0.25) is 4.79 Å². The molecule has 0 radical (unpaired) electrons. The first kappa shape index (κ1) is 17.4. The lowest BCUT2D eigenvalue weighted by molar-refractivity contribution is -0.123. The summed E-state index contributed by atoms with van der Waals surface area (Å²) >= 11 is 11.7. The van der Waals surface area contributed by atoms with E-state index in [2.05, 4.69) is 5.32 Å². The lowest BCUT2D eigenvalue weighted by Gasteiger charge is -2.14. The topological polar surface area (TPSA) is 73.9 Å². The van der Waals surface area contributed by atoms with Gasteiger partial charge in [-0.05, 0) is 37.3 Å². The molecule has 0 spiro atoms. The van der Waals surface area contributed by atoms with Crippen LogP contribution in [0.3, 0.4) is 0 Å². The van der Waals surface area contributed by atoms with E-state index in [-0.39, 0.29) is 17.4 Å². The number of rotatable bonds is 4. The lowest BCUT2D eigenvalue weighted by atomic mass is 10.2. The molecule has 0 bridgehead atoms. The van der Waals surface area contributed by atoms with Gasteiger partial charge in [-0.1, -0.05) is 23.2 Å². The van der Waals surface area contributed by atoms with Crippen LogP contribution in [-0.4, -0.2) is 24.8 Å². The highest BCUT2D eigenvalue weighted by Crippen LogP contribution is 2.34. The summed E-state index contributed by atoms with van der Waals surface area (Å²) < 4.78 is 15.6. The van der Waals surface area contributed by atoms with Crippen molar-refractivity contribution in [3.05, 3.63) is 52.0 Å². The van der Waals surface area contributed by atoms with Gasteiger partial charge < -0.3 is 19.5 Å². The molecule has 8 heteroatoms. The third-order valence-corrected chi connectivity index (χ3v) is 4.19. The largest absolute Gasteiger partial charge is 0.454 e. The molecule has 0 saturated carbocycles. The van der Waals surface area contributed by atoms with Gasteiger partial charge in [0.25, 0.3) is 5.91 Å². The number of anilines is 1. The second kappa shape index (κ2) is 7.21. The molecule has 1 N–H and O–H groups in total. The van der Waals surface area contributed by atoms with E-state index in [1.54, 1.807) is 18.2 Å². The Bertz CT molecular complexity index is 840. The smallest absolute Gasteiger partial charge is 0.338 e. The Kier molecular flexibility index (Phi) is 5.01. The monoisotopic (exact) mass is 381 g/mol. The summed E-state index contributed by atoms with van der Waals surface area (Å²) in [6.07, 6.45) is -1.01. The molecule has 0 unspecified atom stereocenters. The number of carbonyl (C=O) groups excluding carboxylic acids is 2. The average molecular weight is 382 g/mol. The number of fused-ring (bicyclic) bond motifs is 1. The van der Waals surface area contributed by atoms with Crippen molar-refractivity contribution in [2.24, 2.45) is 0 Å². The van der Waals surface area contributed by atoms with Crippen molar-refractivity contribution in [1.82, 2.24) is 0 Å². The Hall–Kier alpha value is -2.44. The number of amides is 1. The van der Waals surface area contributed by atoms with Crippen molar-refractivity contribution in [3.8, 4) is 11.5 Å². The number of halogens is 2. The Morgan fingerprint density at radius 1 is 1.08 bits per heavy atom. The van der Waals surface area contributed by atoms with Gasteiger partial charge in [0, 0.05) is 11.8 Å². The maximum atomic E-state index is 12.2. The summed E-state index contributed by atoms with van der Waals surface area (Å²) in [6.45, 7) is 1.61. The molecular formula is C17H13Cl2NO5. The fourth-order valence-corrected chi connectivity index (χ4v) is 2.42. The minimum atomic E-state index is -1.01. The van der Waals surface area contributed by atoms with Crippen LogP contribution in [-0.2, 0) is 9.53 Å². The number of hydrogen-bond acceptors (Lipinski definition) is 5. The molecule has 1 aliphatic heterocycles. The SMILES string of the molecule is C[C@H](OC(=O)c1ccc(Cl)c(Cl)c1)C(=O)Nc1ccc2c(c1)OCO2. The van der Waals surface area contributed by atoms with Gasteiger partial charge in [0.05, 0.1) is 15.6 Å². The van der Waals surface area contributed by atoms with E-state index in [0.717, 1.165) is 0 Å². The molecule has 3 rings (SSSR count). The van der Waals surface area contributed by atoms with E-state index in [9.17, 15) is 9.59 Å². The molecule has 0 aliphatic carbocycles. The van der Waals surface area contributed by atoms with Gasteiger partial charge in [0.1, 0.15) is 0 Å². The number of esters is 1. The van der Waals surface area contributed by atoms with E-state index in [0.29, 0.717) is 22.2 Å². The van der Waals surface area contributed by atoms with E-state index < -0.39 is 18.0 Å². The maximum Gasteiger partial charge on any atom is 0.338 e. The van der Waals surface area contributed by atoms with Crippen LogP contribution in [0.25, 0.3) is 0 Å². The number of hydrogen-bond donors (Lipinski definition) is 1. The van der Waals surface area contributed by atoms with Gasteiger partial charge in [-0.2, -0.15) is 0 Å². The van der Waals surface area contributed by atoms with Crippen molar-refractivity contribution < 1.29 is 23.8 Å².